The van der Waals surface area contributed by atoms with E-state index in [2.05, 4.69) is 9.97 Å². The van der Waals surface area contributed by atoms with Crippen LogP contribution in [0.5, 0.6) is 0 Å². The highest BCUT2D eigenvalue weighted by Crippen LogP contribution is 2.24. The number of alkyl halides is 1. The summed E-state index contributed by atoms with van der Waals surface area (Å²) in [6.07, 6.45) is 0.349. The molecule has 0 N–H and O–H groups in total. The summed E-state index contributed by atoms with van der Waals surface area (Å²) in [6, 6.07) is 1.57. The smallest absolute Gasteiger partial charge is 0.229 e. The highest BCUT2D eigenvalue weighted by atomic mass is 35.5. The van der Waals surface area contributed by atoms with Crippen LogP contribution in [0.15, 0.2) is 6.07 Å². The van der Waals surface area contributed by atoms with Crippen LogP contribution in [0.3, 0.4) is 0 Å². The third-order valence-corrected chi connectivity index (χ3v) is 2.63. The highest BCUT2D eigenvalue weighted by Gasteiger charge is 2.30. The van der Waals surface area contributed by atoms with E-state index in [0.29, 0.717) is 29.8 Å². The number of carbonyl (C=O) groups is 1. The molecule has 6 heteroatoms. The summed E-state index contributed by atoms with van der Waals surface area (Å²) in [5, 5.41) is 0.190. The van der Waals surface area contributed by atoms with Crippen molar-refractivity contribution in [2.45, 2.75) is 18.7 Å². The lowest BCUT2D eigenvalue weighted by Crippen LogP contribution is -2.26. The second-order valence-electron chi connectivity index (χ2n) is 3.40. The van der Waals surface area contributed by atoms with Crippen LogP contribution < -0.4 is 4.90 Å². The van der Waals surface area contributed by atoms with Crippen molar-refractivity contribution < 1.29 is 4.79 Å². The number of carbonyl (C=O) groups excluding carboxylic acids is 1. The van der Waals surface area contributed by atoms with E-state index in [4.69, 9.17) is 23.2 Å². The Morgan fingerprint density at radius 3 is 2.80 bits per heavy atom. The van der Waals surface area contributed by atoms with E-state index in [1.807, 2.05) is 0 Å². The van der Waals surface area contributed by atoms with Crippen LogP contribution in [0, 0.1) is 6.92 Å². The zero-order chi connectivity index (χ0) is 11.0. The van der Waals surface area contributed by atoms with E-state index in [1.54, 1.807) is 13.0 Å². The van der Waals surface area contributed by atoms with E-state index >= 15 is 0 Å². The molecule has 1 saturated heterocycles. The van der Waals surface area contributed by atoms with Gasteiger partial charge in [0.15, 0.2) is 0 Å². The van der Waals surface area contributed by atoms with Gasteiger partial charge in [-0.2, -0.15) is 0 Å². The number of aryl methyl sites for hydroxylation is 1. The van der Waals surface area contributed by atoms with Crippen molar-refractivity contribution in [3.8, 4) is 0 Å². The molecule has 0 aliphatic carbocycles. The zero-order valence-corrected chi connectivity index (χ0v) is 9.59. The second kappa shape index (κ2) is 3.94. The first kappa shape index (κ1) is 10.6. The molecule has 4 nitrogen and oxygen atoms in total. The van der Waals surface area contributed by atoms with E-state index < -0.39 is 0 Å². The van der Waals surface area contributed by atoms with Crippen molar-refractivity contribution in [2.24, 2.45) is 0 Å². The normalized spacial score (nSPS) is 21.1. The molecule has 1 amide bonds. The zero-order valence-electron chi connectivity index (χ0n) is 8.07. The van der Waals surface area contributed by atoms with E-state index in [-0.39, 0.29) is 11.3 Å². The van der Waals surface area contributed by atoms with E-state index in [1.165, 1.54) is 4.90 Å². The lowest BCUT2D eigenvalue weighted by molar-refractivity contribution is -0.117. The summed E-state index contributed by atoms with van der Waals surface area (Å²) < 4.78 is 0. The lowest BCUT2D eigenvalue weighted by atomic mass is 10.4. The average Bonchev–Trinajstić information content (AvgIpc) is 2.43. The molecule has 2 heterocycles. The first-order chi connectivity index (χ1) is 7.06. The third-order valence-electron chi connectivity index (χ3n) is 2.15. The molecule has 1 aromatic heterocycles. The molecule has 80 valence electrons. The molecular weight excluding hydrogens is 237 g/mol. The van der Waals surface area contributed by atoms with E-state index in [9.17, 15) is 4.79 Å². The van der Waals surface area contributed by atoms with Gasteiger partial charge in [-0.1, -0.05) is 11.6 Å². The van der Waals surface area contributed by atoms with Crippen LogP contribution in [0.4, 0.5) is 5.82 Å². The maximum absolute atomic E-state index is 11.5. The van der Waals surface area contributed by atoms with Crippen LogP contribution in [-0.4, -0.2) is 27.8 Å². The van der Waals surface area contributed by atoms with Gasteiger partial charge in [0, 0.05) is 19.0 Å². The topological polar surface area (TPSA) is 46.1 Å². The molecule has 1 aliphatic rings. The molecule has 0 aromatic carbocycles. The number of halogens is 2. The highest BCUT2D eigenvalue weighted by molar-refractivity contribution is 6.29. The maximum Gasteiger partial charge on any atom is 0.229 e. The SMILES string of the molecule is Cc1nc(Cl)cc(N2CC(Cl)CC2=O)n1. The first-order valence-corrected chi connectivity index (χ1v) is 5.33. The molecule has 1 atom stereocenters. The fourth-order valence-electron chi connectivity index (χ4n) is 1.54. The van der Waals surface area contributed by atoms with Gasteiger partial charge in [0.25, 0.3) is 0 Å². The van der Waals surface area contributed by atoms with Gasteiger partial charge in [0.05, 0.1) is 5.38 Å². The van der Waals surface area contributed by atoms with Crippen molar-refractivity contribution >= 4 is 34.9 Å². The lowest BCUT2D eigenvalue weighted by Gasteiger charge is -2.14. The molecule has 0 spiro atoms. The molecule has 2 rings (SSSR count). The molecule has 0 saturated carbocycles. The Kier molecular flexibility index (Phi) is 2.80. The Morgan fingerprint density at radius 2 is 2.27 bits per heavy atom. The van der Waals surface area contributed by atoms with Crippen molar-refractivity contribution in [3.63, 3.8) is 0 Å². The molecule has 1 fully saturated rings. The van der Waals surface area contributed by atoms with Gasteiger partial charge in [-0.05, 0) is 6.92 Å². The number of amides is 1. The molecular formula is C9H9Cl2N3O. The average molecular weight is 246 g/mol. The quantitative estimate of drug-likeness (QED) is 0.560. The Labute approximate surface area is 97.2 Å². The van der Waals surface area contributed by atoms with Gasteiger partial charge >= 0.3 is 0 Å². The number of nitrogens with zero attached hydrogens (tertiary/aromatic N) is 3. The minimum atomic E-state index is -0.147. The fraction of sp³-hybridized carbons (Fsp3) is 0.444. The number of hydrogen-bond acceptors (Lipinski definition) is 3. The van der Waals surface area contributed by atoms with Crippen LogP contribution in [0.1, 0.15) is 12.2 Å². The van der Waals surface area contributed by atoms with Crippen molar-refractivity contribution in [2.75, 3.05) is 11.4 Å². The fourth-order valence-corrected chi connectivity index (χ4v) is 2.03. The van der Waals surface area contributed by atoms with E-state index in [0.717, 1.165) is 0 Å². The molecule has 0 bridgehead atoms. The predicted molar refractivity (Wildman–Crippen MR) is 58.4 cm³/mol. The number of aromatic nitrogens is 2. The van der Waals surface area contributed by atoms with Crippen molar-refractivity contribution in [3.05, 3.63) is 17.0 Å². The second-order valence-corrected chi connectivity index (χ2v) is 4.41. The summed E-state index contributed by atoms with van der Waals surface area (Å²) >= 11 is 11.7. The first-order valence-electron chi connectivity index (χ1n) is 4.52. The summed E-state index contributed by atoms with van der Waals surface area (Å²) in [5.41, 5.74) is 0. The monoisotopic (exact) mass is 245 g/mol. The summed E-state index contributed by atoms with van der Waals surface area (Å²) in [5.74, 6) is 1.05. The van der Waals surface area contributed by atoms with Gasteiger partial charge in [-0.3, -0.25) is 9.69 Å². The van der Waals surface area contributed by atoms with Crippen molar-refractivity contribution in [1.82, 2.24) is 9.97 Å². The minimum Gasteiger partial charge on any atom is -0.295 e. The van der Waals surface area contributed by atoms with Crippen LogP contribution in [-0.2, 0) is 4.79 Å². The van der Waals surface area contributed by atoms with Gasteiger partial charge < -0.3 is 0 Å². The summed E-state index contributed by atoms with van der Waals surface area (Å²) in [4.78, 5) is 21.2. The minimum absolute atomic E-state index is 0.0239. The number of anilines is 1. The molecule has 1 unspecified atom stereocenters. The molecule has 15 heavy (non-hydrogen) atoms. The Bertz CT molecular complexity index is 390. The van der Waals surface area contributed by atoms with Gasteiger partial charge in [-0.25, -0.2) is 9.97 Å². The Morgan fingerprint density at radius 1 is 1.53 bits per heavy atom. The number of hydrogen-bond donors (Lipinski definition) is 0. The van der Waals surface area contributed by atoms with Gasteiger partial charge in [0.1, 0.15) is 16.8 Å². The van der Waals surface area contributed by atoms with Gasteiger partial charge in [-0.15, -0.1) is 11.6 Å². The van der Waals surface area contributed by atoms with Crippen LogP contribution >= 0.6 is 23.2 Å². The summed E-state index contributed by atoms with van der Waals surface area (Å²) in [6.45, 7) is 2.21. The Hall–Kier alpha value is -0.870. The van der Waals surface area contributed by atoms with Gasteiger partial charge in [0.2, 0.25) is 5.91 Å². The molecule has 1 aromatic rings. The number of rotatable bonds is 1. The molecule has 1 aliphatic heterocycles. The predicted octanol–water partition coefficient (Wildman–Crippen LogP) is 1.78. The van der Waals surface area contributed by atoms with Crippen LogP contribution in [0.25, 0.3) is 0 Å². The Balaban J connectivity index is 2.33. The van der Waals surface area contributed by atoms with Crippen LogP contribution in [0.2, 0.25) is 5.15 Å². The standard InChI is InChI=1S/C9H9Cl2N3O/c1-5-12-7(11)3-8(13-5)14-4-6(10)2-9(14)15/h3,6H,2,4H2,1H3. The van der Waals surface area contributed by atoms with Crippen molar-refractivity contribution in [1.29, 1.82) is 0 Å². The maximum atomic E-state index is 11.5. The summed E-state index contributed by atoms with van der Waals surface area (Å²) in [7, 11) is 0. The molecule has 0 radical (unpaired) electrons. The third kappa shape index (κ3) is 2.21. The largest absolute Gasteiger partial charge is 0.295 e.